The highest BCUT2D eigenvalue weighted by atomic mass is 35.5. The molecule has 1 nitrogen and oxygen atoms in total. The van der Waals surface area contributed by atoms with Crippen LogP contribution in [-0.4, -0.2) is 25.0 Å². The first-order valence-corrected chi connectivity index (χ1v) is 6.54. The molecule has 0 radical (unpaired) electrons. The van der Waals surface area contributed by atoms with Crippen LogP contribution in [0, 0.1) is 5.92 Å². The Balaban J connectivity index is 1.88. The number of nitrogens with zero attached hydrogens (tertiary/aromatic N) is 1. The molecular formula is C13H17Cl2N. The number of alkyl halides is 1. The van der Waals surface area contributed by atoms with Gasteiger partial charge in [0, 0.05) is 18.1 Å². The number of hydrogen-bond donors (Lipinski definition) is 0. The van der Waals surface area contributed by atoms with Crippen LogP contribution >= 0.6 is 23.2 Å². The van der Waals surface area contributed by atoms with Gasteiger partial charge in [-0.25, -0.2) is 0 Å². The van der Waals surface area contributed by atoms with Gasteiger partial charge in [-0.05, 0) is 43.5 Å². The van der Waals surface area contributed by atoms with Crippen molar-refractivity contribution in [1.82, 2.24) is 4.90 Å². The fourth-order valence-electron chi connectivity index (χ4n) is 1.90. The van der Waals surface area contributed by atoms with Crippen LogP contribution in [0.4, 0.5) is 0 Å². The van der Waals surface area contributed by atoms with Crippen molar-refractivity contribution in [3.05, 3.63) is 34.9 Å². The minimum Gasteiger partial charge on any atom is -0.304 e. The van der Waals surface area contributed by atoms with Crippen molar-refractivity contribution >= 4 is 23.2 Å². The van der Waals surface area contributed by atoms with E-state index in [1.165, 1.54) is 19.4 Å². The Morgan fingerprint density at radius 3 is 2.81 bits per heavy atom. The lowest BCUT2D eigenvalue weighted by Gasteiger charge is -2.20. The largest absolute Gasteiger partial charge is 0.304 e. The van der Waals surface area contributed by atoms with Gasteiger partial charge in [-0.3, -0.25) is 0 Å². The number of hydrogen-bond acceptors (Lipinski definition) is 1. The molecule has 88 valence electrons. The van der Waals surface area contributed by atoms with Gasteiger partial charge in [0.25, 0.3) is 0 Å². The van der Waals surface area contributed by atoms with Crippen LogP contribution in [0.15, 0.2) is 24.3 Å². The summed E-state index contributed by atoms with van der Waals surface area (Å²) in [7, 11) is 2.14. The predicted molar refractivity (Wildman–Crippen MR) is 70.3 cm³/mol. The normalized spacial score (nSPS) is 17.8. The van der Waals surface area contributed by atoms with E-state index in [1.54, 1.807) is 0 Å². The first-order valence-electron chi connectivity index (χ1n) is 5.73. The maximum Gasteiger partial charge on any atom is 0.0712 e. The first kappa shape index (κ1) is 12.2. The quantitative estimate of drug-likeness (QED) is 0.722. The van der Waals surface area contributed by atoms with Gasteiger partial charge in [0.15, 0.2) is 0 Å². The Kier molecular flexibility index (Phi) is 4.12. The van der Waals surface area contributed by atoms with Crippen molar-refractivity contribution < 1.29 is 0 Å². The van der Waals surface area contributed by atoms with Crippen molar-refractivity contribution in [1.29, 1.82) is 0 Å². The Labute approximate surface area is 107 Å². The lowest BCUT2D eigenvalue weighted by Crippen LogP contribution is -2.24. The van der Waals surface area contributed by atoms with Gasteiger partial charge in [0.05, 0.1) is 5.38 Å². The number of rotatable bonds is 5. The molecular weight excluding hydrogens is 241 g/mol. The Morgan fingerprint density at radius 2 is 2.19 bits per heavy atom. The smallest absolute Gasteiger partial charge is 0.0712 e. The van der Waals surface area contributed by atoms with Crippen LogP contribution in [0.3, 0.4) is 0 Å². The third-order valence-corrected chi connectivity index (χ3v) is 3.57. The summed E-state index contributed by atoms with van der Waals surface area (Å²) in [6.07, 6.45) is 2.77. The molecule has 0 amide bonds. The standard InChI is InChI=1S/C13H17Cl2N/c1-16(8-10-5-6-10)9-13(15)11-3-2-4-12(14)7-11/h2-4,7,10,13H,5-6,8-9H2,1H3. The van der Waals surface area contributed by atoms with E-state index in [1.807, 2.05) is 24.3 Å². The fourth-order valence-corrected chi connectivity index (χ4v) is 2.47. The number of halogens is 2. The summed E-state index contributed by atoms with van der Waals surface area (Å²) < 4.78 is 0. The Morgan fingerprint density at radius 1 is 1.44 bits per heavy atom. The molecule has 1 fully saturated rings. The molecule has 1 aliphatic rings. The van der Waals surface area contributed by atoms with Crippen LogP contribution < -0.4 is 0 Å². The average molecular weight is 258 g/mol. The van der Waals surface area contributed by atoms with Crippen molar-refractivity contribution in [2.45, 2.75) is 18.2 Å². The highest BCUT2D eigenvalue weighted by Crippen LogP contribution is 2.30. The average Bonchev–Trinajstić information content (AvgIpc) is 3.01. The van der Waals surface area contributed by atoms with E-state index in [4.69, 9.17) is 23.2 Å². The molecule has 0 spiro atoms. The molecule has 16 heavy (non-hydrogen) atoms. The van der Waals surface area contributed by atoms with Crippen LogP contribution in [0.5, 0.6) is 0 Å². The molecule has 2 rings (SSSR count). The SMILES string of the molecule is CN(CC1CC1)CC(Cl)c1cccc(Cl)c1. The molecule has 1 unspecified atom stereocenters. The van der Waals surface area contributed by atoms with Gasteiger partial charge in [0.1, 0.15) is 0 Å². The summed E-state index contributed by atoms with van der Waals surface area (Å²) in [6, 6.07) is 7.81. The summed E-state index contributed by atoms with van der Waals surface area (Å²) in [4.78, 5) is 2.32. The van der Waals surface area contributed by atoms with E-state index in [9.17, 15) is 0 Å². The van der Waals surface area contributed by atoms with E-state index in [0.717, 1.165) is 23.0 Å². The second-order valence-electron chi connectivity index (χ2n) is 4.69. The zero-order valence-corrected chi connectivity index (χ0v) is 11.0. The second kappa shape index (κ2) is 5.39. The lowest BCUT2D eigenvalue weighted by atomic mass is 10.1. The molecule has 3 heteroatoms. The van der Waals surface area contributed by atoms with E-state index in [2.05, 4.69) is 11.9 Å². The van der Waals surface area contributed by atoms with E-state index in [0.29, 0.717) is 0 Å². The summed E-state index contributed by atoms with van der Waals surface area (Å²) in [6.45, 7) is 2.06. The second-order valence-corrected chi connectivity index (χ2v) is 5.65. The van der Waals surface area contributed by atoms with E-state index < -0.39 is 0 Å². The van der Waals surface area contributed by atoms with E-state index in [-0.39, 0.29) is 5.38 Å². The predicted octanol–water partition coefficient (Wildman–Crippen LogP) is 3.96. The summed E-state index contributed by atoms with van der Waals surface area (Å²) in [5, 5.41) is 0.787. The third-order valence-electron chi connectivity index (χ3n) is 2.95. The molecule has 0 bridgehead atoms. The summed E-state index contributed by atoms with van der Waals surface area (Å²) in [5.41, 5.74) is 1.11. The molecule has 0 aromatic heterocycles. The topological polar surface area (TPSA) is 3.24 Å². The molecule has 1 aromatic carbocycles. The van der Waals surface area contributed by atoms with Crippen molar-refractivity contribution in [2.75, 3.05) is 20.1 Å². The molecule has 0 aliphatic heterocycles. The summed E-state index contributed by atoms with van der Waals surface area (Å²) in [5.74, 6) is 0.910. The third kappa shape index (κ3) is 3.65. The molecule has 1 aromatic rings. The zero-order valence-electron chi connectivity index (χ0n) is 9.50. The van der Waals surface area contributed by atoms with Gasteiger partial charge in [-0.15, -0.1) is 11.6 Å². The van der Waals surface area contributed by atoms with Gasteiger partial charge >= 0.3 is 0 Å². The van der Waals surface area contributed by atoms with Gasteiger partial charge < -0.3 is 4.90 Å². The van der Waals surface area contributed by atoms with Gasteiger partial charge in [-0.1, -0.05) is 23.7 Å². The molecule has 0 saturated heterocycles. The van der Waals surface area contributed by atoms with Crippen LogP contribution in [-0.2, 0) is 0 Å². The molecule has 1 saturated carbocycles. The maximum absolute atomic E-state index is 6.38. The Hall–Kier alpha value is -0.240. The van der Waals surface area contributed by atoms with Crippen LogP contribution in [0.2, 0.25) is 5.02 Å². The first-order chi connectivity index (χ1) is 7.65. The monoisotopic (exact) mass is 257 g/mol. The minimum atomic E-state index is 0.0300. The number of likely N-dealkylation sites (N-methyl/N-ethyl adjacent to an activating group) is 1. The molecule has 1 aliphatic carbocycles. The lowest BCUT2D eigenvalue weighted by molar-refractivity contribution is 0.320. The van der Waals surface area contributed by atoms with Crippen molar-refractivity contribution in [2.24, 2.45) is 5.92 Å². The van der Waals surface area contributed by atoms with Crippen LogP contribution in [0.25, 0.3) is 0 Å². The fraction of sp³-hybridized carbons (Fsp3) is 0.538. The van der Waals surface area contributed by atoms with Crippen molar-refractivity contribution in [3.8, 4) is 0 Å². The van der Waals surface area contributed by atoms with E-state index >= 15 is 0 Å². The Bertz CT molecular complexity index is 350. The summed E-state index contributed by atoms with van der Waals surface area (Å²) >= 11 is 12.3. The van der Waals surface area contributed by atoms with Crippen LogP contribution in [0.1, 0.15) is 23.8 Å². The zero-order chi connectivity index (χ0) is 11.5. The van der Waals surface area contributed by atoms with Crippen molar-refractivity contribution in [3.63, 3.8) is 0 Å². The molecule has 0 N–H and O–H groups in total. The highest BCUT2D eigenvalue weighted by Gasteiger charge is 2.23. The number of benzene rings is 1. The van der Waals surface area contributed by atoms with Gasteiger partial charge in [-0.2, -0.15) is 0 Å². The van der Waals surface area contributed by atoms with Gasteiger partial charge in [0.2, 0.25) is 0 Å². The maximum atomic E-state index is 6.38. The molecule has 1 atom stereocenters. The minimum absolute atomic E-state index is 0.0300. The highest BCUT2D eigenvalue weighted by molar-refractivity contribution is 6.30. The molecule has 0 heterocycles.